The molecule has 1 aliphatic carbocycles. The van der Waals surface area contributed by atoms with E-state index in [1.807, 2.05) is 30.3 Å². The summed E-state index contributed by atoms with van der Waals surface area (Å²) < 4.78 is 26.9. The molecule has 0 unspecified atom stereocenters. The summed E-state index contributed by atoms with van der Waals surface area (Å²) in [6.07, 6.45) is 7.38. The first-order valence-electron chi connectivity index (χ1n) is 9.25. The summed E-state index contributed by atoms with van der Waals surface area (Å²) in [7, 11) is -3.42. The third-order valence-corrected chi connectivity index (χ3v) is 5.95. The molecule has 1 aliphatic rings. The largest absolute Gasteiger partial charge is 0.366 e. The van der Waals surface area contributed by atoms with Crippen LogP contribution in [0.15, 0.2) is 42.5 Å². The van der Waals surface area contributed by atoms with Crippen molar-refractivity contribution in [2.75, 3.05) is 15.8 Å². The molecule has 0 aliphatic heterocycles. The Kier molecular flexibility index (Phi) is 6.44. The average Bonchev–Trinajstić information content (AvgIpc) is 2.65. The number of aryl methyl sites for hydroxylation is 1. The highest BCUT2D eigenvalue weighted by Gasteiger charge is 2.15. The lowest BCUT2D eigenvalue weighted by Crippen LogP contribution is -2.23. The van der Waals surface area contributed by atoms with Crippen molar-refractivity contribution in [3.63, 3.8) is 0 Å². The van der Waals surface area contributed by atoms with Crippen molar-refractivity contribution in [1.29, 1.82) is 0 Å². The van der Waals surface area contributed by atoms with Gasteiger partial charge in [0.2, 0.25) is 10.0 Å². The molecular formula is C19H26N4O2S. The molecule has 140 valence electrons. The zero-order valence-corrected chi connectivity index (χ0v) is 15.7. The van der Waals surface area contributed by atoms with Gasteiger partial charge in [0, 0.05) is 6.04 Å². The normalized spacial score (nSPS) is 15.5. The number of nitrogens with one attached hydrogen (secondary N) is 2. The molecule has 3 rings (SSSR count). The predicted molar refractivity (Wildman–Crippen MR) is 105 cm³/mol. The van der Waals surface area contributed by atoms with Crippen molar-refractivity contribution < 1.29 is 8.42 Å². The molecule has 26 heavy (non-hydrogen) atoms. The van der Waals surface area contributed by atoms with E-state index >= 15 is 0 Å². The van der Waals surface area contributed by atoms with Crippen molar-refractivity contribution in [2.24, 2.45) is 0 Å². The van der Waals surface area contributed by atoms with Gasteiger partial charge in [0.25, 0.3) is 0 Å². The Morgan fingerprint density at radius 2 is 1.62 bits per heavy atom. The van der Waals surface area contributed by atoms with E-state index in [0.717, 1.165) is 24.8 Å². The number of hydrogen-bond acceptors (Lipinski definition) is 5. The van der Waals surface area contributed by atoms with Crippen LogP contribution in [0, 0.1) is 0 Å². The van der Waals surface area contributed by atoms with Crippen LogP contribution in [0.3, 0.4) is 0 Å². The third-order valence-electron chi connectivity index (χ3n) is 4.60. The van der Waals surface area contributed by atoms with E-state index in [0.29, 0.717) is 18.3 Å². The van der Waals surface area contributed by atoms with E-state index in [1.54, 1.807) is 12.1 Å². The smallest absolute Gasteiger partial charge is 0.233 e. The lowest BCUT2D eigenvalue weighted by atomic mass is 9.95. The minimum absolute atomic E-state index is 0.0612. The number of anilines is 2. The first kappa shape index (κ1) is 18.6. The van der Waals surface area contributed by atoms with Crippen molar-refractivity contribution in [1.82, 2.24) is 10.2 Å². The molecular weight excluding hydrogens is 348 g/mol. The van der Waals surface area contributed by atoms with Gasteiger partial charge in [-0.05, 0) is 43.4 Å². The van der Waals surface area contributed by atoms with Gasteiger partial charge in [0.15, 0.2) is 5.82 Å². The predicted octanol–water partition coefficient (Wildman–Crippen LogP) is 3.60. The molecule has 1 heterocycles. The van der Waals surface area contributed by atoms with Crippen LogP contribution in [-0.2, 0) is 16.4 Å². The van der Waals surface area contributed by atoms with Crippen LogP contribution in [-0.4, -0.2) is 30.4 Å². The van der Waals surface area contributed by atoms with E-state index in [-0.39, 0.29) is 11.6 Å². The molecule has 0 saturated heterocycles. The number of nitrogens with zero attached hydrogens (tertiary/aromatic N) is 2. The maximum Gasteiger partial charge on any atom is 0.233 e. The van der Waals surface area contributed by atoms with Gasteiger partial charge in [0.05, 0.1) is 5.75 Å². The molecule has 7 heteroatoms. The summed E-state index contributed by atoms with van der Waals surface area (Å²) in [5, 5.41) is 11.5. The zero-order valence-electron chi connectivity index (χ0n) is 14.9. The highest BCUT2D eigenvalue weighted by atomic mass is 32.2. The first-order chi connectivity index (χ1) is 12.6. The van der Waals surface area contributed by atoms with Gasteiger partial charge in [-0.3, -0.25) is 4.72 Å². The molecule has 6 nitrogen and oxygen atoms in total. The lowest BCUT2D eigenvalue weighted by Gasteiger charge is -2.22. The number of benzene rings is 1. The molecule has 0 radical (unpaired) electrons. The van der Waals surface area contributed by atoms with Gasteiger partial charge in [-0.1, -0.05) is 49.6 Å². The van der Waals surface area contributed by atoms with Crippen LogP contribution in [0.2, 0.25) is 0 Å². The van der Waals surface area contributed by atoms with Crippen molar-refractivity contribution in [3.05, 3.63) is 48.0 Å². The van der Waals surface area contributed by atoms with Gasteiger partial charge >= 0.3 is 0 Å². The van der Waals surface area contributed by atoms with Gasteiger partial charge in [0.1, 0.15) is 5.82 Å². The Labute approximate surface area is 155 Å². The van der Waals surface area contributed by atoms with Gasteiger partial charge in [-0.2, -0.15) is 0 Å². The maximum atomic E-state index is 12.2. The van der Waals surface area contributed by atoms with Crippen LogP contribution < -0.4 is 10.0 Å². The van der Waals surface area contributed by atoms with Crippen LogP contribution in [0.1, 0.15) is 44.1 Å². The van der Waals surface area contributed by atoms with E-state index in [2.05, 4.69) is 20.2 Å². The summed E-state index contributed by atoms with van der Waals surface area (Å²) in [4.78, 5) is 0. The second-order valence-corrected chi connectivity index (χ2v) is 8.64. The molecule has 1 aromatic heterocycles. The van der Waals surface area contributed by atoms with Crippen molar-refractivity contribution >= 4 is 21.7 Å². The average molecular weight is 375 g/mol. The summed E-state index contributed by atoms with van der Waals surface area (Å²) in [6, 6.07) is 13.8. The molecule has 2 N–H and O–H groups in total. The Morgan fingerprint density at radius 1 is 0.923 bits per heavy atom. The Bertz CT molecular complexity index is 773. The number of rotatable bonds is 8. The fourth-order valence-electron chi connectivity index (χ4n) is 3.24. The van der Waals surface area contributed by atoms with E-state index in [9.17, 15) is 8.42 Å². The molecule has 0 atom stereocenters. The number of aromatic nitrogens is 2. The van der Waals surface area contributed by atoms with Crippen LogP contribution >= 0.6 is 0 Å². The van der Waals surface area contributed by atoms with Crippen LogP contribution in [0.5, 0.6) is 0 Å². The highest BCUT2D eigenvalue weighted by Crippen LogP contribution is 2.20. The Balaban J connectivity index is 1.47. The molecule has 1 fully saturated rings. The first-order valence-corrected chi connectivity index (χ1v) is 10.9. The molecule has 1 aromatic carbocycles. The SMILES string of the molecule is O=S(=O)(CCCc1ccccc1)Nc1ccc(NC2CCCCC2)nn1. The molecule has 0 bridgehead atoms. The molecule has 0 spiro atoms. The Morgan fingerprint density at radius 3 is 2.31 bits per heavy atom. The molecule has 0 amide bonds. The zero-order chi connectivity index (χ0) is 18.2. The van der Waals surface area contributed by atoms with Crippen LogP contribution in [0.25, 0.3) is 0 Å². The minimum Gasteiger partial charge on any atom is -0.366 e. The standard InChI is InChI=1S/C19H26N4O2S/c24-26(25,15-7-10-16-8-3-1-4-9-16)23-19-14-13-18(21-22-19)20-17-11-5-2-6-12-17/h1,3-4,8-9,13-14,17H,2,5-7,10-12,15H2,(H,20,21)(H,22,23). The lowest BCUT2D eigenvalue weighted by molar-refractivity contribution is 0.461. The summed E-state index contributed by atoms with van der Waals surface area (Å²) in [6.45, 7) is 0. The van der Waals surface area contributed by atoms with Crippen LogP contribution in [0.4, 0.5) is 11.6 Å². The van der Waals surface area contributed by atoms with Gasteiger partial charge < -0.3 is 5.32 Å². The van der Waals surface area contributed by atoms with Crippen molar-refractivity contribution in [2.45, 2.75) is 51.0 Å². The monoisotopic (exact) mass is 374 g/mol. The maximum absolute atomic E-state index is 12.2. The summed E-state index contributed by atoms with van der Waals surface area (Å²) in [5.41, 5.74) is 1.14. The summed E-state index contributed by atoms with van der Waals surface area (Å²) in [5.74, 6) is 1.02. The van der Waals surface area contributed by atoms with E-state index in [1.165, 1.54) is 19.3 Å². The second-order valence-electron chi connectivity index (χ2n) is 6.79. The Hall–Kier alpha value is -2.15. The number of sulfonamides is 1. The minimum atomic E-state index is -3.42. The topological polar surface area (TPSA) is 84.0 Å². The van der Waals surface area contributed by atoms with Gasteiger partial charge in [-0.25, -0.2) is 8.42 Å². The van der Waals surface area contributed by atoms with E-state index < -0.39 is 10.0 Å². The fraction of sp³-hybridized carbons (Fsp3) is 0.474. The molecule has 1 saturated carbocycles. The number of hydrogen-bond donors (Lipinski definition) is 2. The molecule has 2 aromatic rings. The third kappa shape index (κ3) is 5.98. The van der Waals surface area contributed by atoms with Crippen molar-refractivity contribution in [3.8, 4) is 0 Å². The second kappa shape index (κ2) is 8.98. The fourth-order valence-corrected chi connectivity index (χ4v) is 4.30. The quantitative estimate of drug-likeness (QED) is 0.737. The van der Waals surface area contributed by atoms with E-state index in [4.69, 9.17) is 0 Å². The summed E-state index contributed by atoms with van der Waals surface area (Å²) >= 11 is 0. The highest BCUT2D eigenvalue weighted by molar-refractivity contribution is 7.92. The van der Waals surface area contributed by atoms with Gasteiger partial charge in [-0.15, -0.1) is 10.2 Å².